The van der Waals surface area contributed by atoms with E-state index in [-0.39, 0.29) is 24.6 Å². The summed E-state index contributed by atoms with van der Waals surface area (Å²) in [4.78, 5) is 14.7. The Kier molecular flexibility index (Phi) is 4.90. The summed E-state index contributed by atoms with van der Waals surface area (Å²) in [6.45, 7) is 1.84. The van der Waals surface area contributed by atoms with Crippen molar-refractivity contribution in [3.63, 3.8) is 0 Å². The quantitative estimate of drug-likeness (QED) is 0.731. The second-order valence-electron chi connectivity index (χ2n) is 3.35. The van der Waals surface area contributed by atoms with Gasteiger partial charge in [-0.2, -0.15) is 0 Å². The van der Waals surface area contributed by atoms with E-state index in [1.807, 2.05) is 0 Å². The molecule has 7 nitrogen and oxygen atoms in total. The molecule has 0 aliphatic heterocycles. The Balaban J connectivity index is 2.60. The second kappa shape index (κ2) is 6.20. The summed E-state index contributed by atoms with van der Waals surface area (Å²) in [7, 11) is -3.74. The van der Waals surface area contributed by atoms with Crippen LogP contribution in [0.3, 0.4) is 0 Å². The number of carbonyl (C=O) groups is 1. The first-order valence-electron chi connectivity index (χ1n) is 5.24. The average Bonchev–Trinajstić information content (AvgIpc) is 2.30. The summed E-state index contributed by atoms with van der Waals surface area (Å²) in [5.74, 6) is -1.46. The van der Waals surface area contributed by atoms with Gasteiger partial charge < -0.3 is 9.84 Å². The summed E-state index contributed by atoms with van der Waals surface area (Å²) < 4.78 is 29.9. The van der Waals surface area contributed by atoms with Gasteiger partial charge in [0.2, 0.25) is 10.0 Å². The number of aromatic nitrogens is 1. The molecule has 0 saturated carbocycles. The lowest BCUT2D eigenvalue weighted by Crippen LogP contribution is -2.20. The molecule has 0 spiro atoms. The van der Waals surface area contributed by atoms with Crippen molar-refractivity contribution in [3.8, 4) is 5.75 Å². The predicted molar refractivity (Wildman–Crippen MR) is 64.6 cm³/mol. The van der Waals surface area contributed by atoms with Gasteiger partial charge in [-0.1, -0.05) is 0 Å². The van der Waals surface area contributed by atoms with Crippen LogP contribution in [0.15, 0.2) is 18.3 Å². The molecule has 0 fully saturated rings. The smallest absolute Gasteiger partial charge is 0.306 e. The summed E-state index contributed by atoms with van der Waals surface area (Å²) in [6.07, 6.45) is 1.08. The van der Waals surface area contributed by atoms with Gasteiger partial charge in [0.1, 0.15) is 0 Å². The van der Waals surface area contributed by atoms with Crippen molar-refractivity contribution in [2.24, 2.45) is 0 Å². The number of esters is 1. The molecule has 18 heavy (non-hydrogen) atoms. The fourth-order valence-corrected chi connectivity index (χ4v) is 2.11. The van der Waals surface area contributed by atoms with E-state index in [1.165, 1.54) is 18.3 Å². The molecule has 0 saturated heterocycles. The van der Waals surface area contributed by atoms with E-state index >= 15 is 0 Å². The van der Waals surface area contributed by atoms with Gasteiger partial charge in [-0.3, -0.25) is 9.52 Å². The first kappa shape index (κ1) is 14.2. The molecule has 0 aliphatic rings. The molecular formula is C10H14N2O5S. The lowest BCUT2D eigenvalue weighted by Gasteiger charge is -2.07. The van der Waals surface area contributed by atoms with Gasteiger partial charge in [-0.15, -0.1) is 0 Å². The zero-order valence-electron chi connectivity index (χ0n) is 9.79. The maximum Gasteiger partial charge on any atom is 0.306 e. The lowest BCUT2D eigenvalue weighted by atomic mass is 10.4. The SMILES string of the molecule is CCOC(=O)CCS(=O)(=O)Nc1ncccc1O. The Morgan fingerprint density at radius 1 is 1.56 bits per heavy atom. The van der Waals surface area contributed by atoms with Crippen LogP contribution in [0.1, 0.15) is 13.3 Å². The number of carbonyl (C=O) groups excluding carboxylic acids is 1. The number of anilines is 1. The van der Waals surface area contributed by atoms with E-state index in [1.54, 1.807) is 6.92 Å². The molecule has 1 aromatic heterocycles. The molecule has 0 aromatic carbocycles. The van der Waals surface area contributed by atoms with Crippen molar-refractivity contribution in [2.45, 2.75) is 13.3 Å². The molecule has 0 amide bonds. The van der Waals surface area contributed by atoms with Crippen LogP contribution in [0.5, 0.6) is 5.75 Å². The van der Waals surface area contributed by atoms with Crippen LogP contribution in [0.2, 0.25) is 0 Å². The van der Waals surface area contributed by atoms with Gasteiger partial charge in [-0.25, -0.2) is 13.4 Å². The number of aromatic hydroxyl groups is 1. The van der Waals surface area contributed by atoms with Crippen molar-refractivity contribution >= 4 is 21.8 Å². The highest BCUT2D eigenvalue weighted by Gasteiger charge is 2.16. The monoisotopic (exact) mass is 274 g/mol. The molecule has 0 aliphatic carbocycles. The van der Waals surface area contributed by atoms with Crippen molar-refractivity contribution in [1.82, 2.24) is 4.98 Å². The Labute approximate surface area is 105 Å². The van der Waals surface area contributed by atoms with Crippen molar-refractivity contribution in [2.75, 3.05) is 17.1 Å². The third-order valence-electron chi connectivity index (χ3n) is 1.92. The highest BCUT2D eigenvalue weighted by atomic mass is 32.2. The van der Waals surface area contributed by atoms with Crippen molar-refractivity contribution in [1.29, 1.82) is 0 Å². The molecule has 1 heterocycles. The van der Waals surface area contributed by atoms with Crippen LogP contribution in [0.25, 0.3) is 0 Å². The number of rotatable bonds is 6. The third kappa shape index (κ3) is 4.58. The fraction of sp³-hybridized carbons (Fsp3) is 0.400. The number of hydrogen-bond acceptors (Lipinski definition) is 6. The maximum absolute atomic E-state index is 11.6. The molecule has 100 valence electrons. The van der Waals surface area contributed by atoms with Gasteiger partial charge in [-0.05, 0) is 19.1 Å². The standard InChI is InChI=1S/C10H14N2O5S/c1-2-17-9(14)5-7-18(15,16)12-10-8(13)4-3-6-11-10/h3-4,6,13H,2,5,7H2,1H3,(H,11,12). The van der Waals surface area contributed by atoms with E-state index < -0.39 is 21.7 Å². The molecule has 1 rings (SSSR count). The molecule has 0 radical (unpaired) electrons. The number of nitrogens with zero attached hydrogens (tertiary/aromatic N) is 1. The zero-order valence-corrected chi connectivity index (χ0v) is 10.6. The molecule has 8 heteroatoms. The topological polar surface area (TPSA) is 106 Å². The Bertz CT molecular complexity index is 515. The third-order valence-corrected chi connectivity index (χ3v) is 3.16. The number of nitrogens with one attached hydrogen (secondary N) is 1. The van der Waals surface area contributed by atoms with Crippen molar-refractivity contribution < 1.29 is 23.1 Å². The van der Waals surface area contributed by atoms with E-state index in [9.17, 15) is 18.3 Å². The Morgan fingerprint density at radius 3 is 2.89 bits per heavy atom. The average molecular weight is 274 g/mol. The molecule has 0 bridgehead atoms. The molecule has 0 unspecified atom stereocenters. The largest absolute Gasteiger partial charge is 0.504 e. The van der Waals surface area contributed by atoms with Crippen LogP contribution < -0.4 is 4.72 Å². The van der Waals surface area contributed by atoms with Gasteiger partial charge in [0, 0.05) is 6.20 Å². The Morgan fingerprint density at radius 2 is 2.28 bits per heavy atom. The minimum atomic E-state index is -3.74. The van der Waals surface area contributed by atoms with Crippen LogP contribution in [-0.2, 0) is 19.6 Å². The van der Waals surface area contributed by atoms with Gasteiger partial charge >= 0.3 is 5.97 Å². The van der Waals surface area contributed by atoms with E-state index in [0.717, 1.165) is 0 Å². The maximum atomic E-state index is 11.6. The summed E-state index contributed by atoms with van der Waals surface area (Å²) in [6, 6.07) is 2.77. The van der Waals surface area contributed by atoms with Crippen LogP contribution in [0, 0.1) is 0 Å². The predicted octanol–water partition coefficient (Wildman–Crippen LogP) is 0.482. The summed E-state index contributed by atoms with van der Waals surface area (Å²) >= 11 is 0. The van der Waals surface area contributed by atoms with Crippen LogP contribution in [0.4, 0.5) is 5.82 Å². The number of pyridine rings is 1. The minimum absolute atomic E-state index is 0.165. The number of ether oxygens (including phenoxy) is 1. The normalized spacial score (nSPS) is 10.9. The van der Waals surface area contributed by atoms with E-state index in [0.29, 0.717) is 0 Å². The molecule has 2 N–H and O–H groups in total. The second-order valence-corrected chi connectivity index (χ2v) is 5.19. The number of sulfonamides is 1. The van der Waals surface area contributed by atoms with Gasteiger partial charge in [0.15, 0.2) is 11.6 Å². The Hall–Kier alpha value is -1.83. The van der Waals surface area contributed by atoms with Gasteiger partial charge in [0.05, 0.1) is 18.8 Å². The highest BCUT2D eigenvalue weighted by Crippen LogP contribution is 2.19. The minimum Gasteiger partial charge on any atom is -0.504 e. The summed E-state index contributed by atoms with van der Waals surface area (Å²) in [5, 5.41) is 9.35. The van der Waals surface area contributed by atoms with Crippen LogP contribution >= 0.6 is 0 Å². The molecule has 0 atom stereocenters. The highest BCUT2D eigenvalue weighted by molar-refractivity contribution is 7.92. The van der Waals surface area contributed by atoms with Crippen LogP contribution in [-0.4, -0.2) is 36.8 Å². The molecular weight excluding hydrogens is 260 g/mol. The zero-order chi connectivity index (χ0) is 13.6. The van der Waals surface area contributed by atoms with E-state index in [2.05, 4.69) is 14.4 Å². The molecule has 1 aromatic rings. The first-order valence-corrected chi connectivity index (χ1v) is 6.90. The van der Waals surface area contributed by atoms with E-state index in [4.69, 9.17) is 0 Å². The number of hydrogen-bond donors (Lipinski definition) is 2. The van der Waals surface area contributed by atoms with Gasteiger partial charge in [0.25, 0.3) is 0 Å². The lowest BCUT2D eigenvalue weighted by molar-refractivity contribution is -0.142. The summed E-state index contributed by atoms with van der Waals surface area (Å²) in [5.41, 5.74) is 0. The fourth-order valence-electron chi connectivity index (χ4n) is 1.12. The first-order chi connectivity index (χ1) is 8.44. The van der Waals surface area contributed by atoms with Crippen molar-refractivity contribution in [3.05, 3.63) is 18.3 Å².